The summed E-state index contributed by atoms with van der Waals surface area (Å²) in [6.45, 7) is 1.59. The van der Waals surface area contributed by atoms with Crippen LogP contribution in [0.1, 0.15) is 6.92 Å². The smallest absolute Gasteiger partial charge is 0.151 e. The van der Waals surface area contributed by atoms with Crippen LogP contribution in [-0.2, 0) is 9.84 Å². The van der Waals surface area contributed by atoms with Crippen molar-refractivity contribution in [2.45, 2.75) is 13.0 Å². The molecule has 4 nitrogen and oxygen atoms in total. The fourth-order valence-corrected chi connectivity index (χ4v) is 2.46. The number of benzene rings is 1. The van der Waals surface area contributed by atoms with Gasteiger partial charge in [-0.3, -0.25) is 0 Å². The Bertz CT molecular complexity index is 517. The highest BCUT2D eigenvalue weighted by Crippen LogP contribution is 2.24. The fraction of sp³-hybridized carbons (Fsp3) is 0.400. The van der Waals surface area contributed by atoms with Gasteiger partial charge in [-0.2, -0.15) is 0 Å². The molecule has 0 aliphatic heterocycles. The molecule has 1 rings (SSSR count). The minimum Gasteiger partial charge on any atom is -0.395 e. The maximum Gasteiger partial charge on any atom is 0.151 e. The summed E-state index contributed by atoms with van der Waals surface area (Å²) in [6.07, 6.45) is 1.08. The molecule has 1 aromatic carbocycles. The van der Waals surface area contributed by atoms with Gasteiger partial charge in [0.25, 0.3) is 0 Å². The number of halogens is 2. The third-order valence-corrected chi connectivity index (χ3v) is 3.15. The molecule has 0 aromatic heterocycles. The van der Waals surface area contributed by atoms with Crippen molar-refractivity contribution in [3.8, 4) is 0 Å². The zero-order valence-corrected chi connectivity index (χ0v) is 10.3. The number of rotatable bonds is 4. The molecule has 0 fully saturated rings. The summed E-state index contributed by atoms with van der Waals surface area (Å²) in [6, 6.07) is 1.20. The average molecular weight is 264 g/mol. The van der Waals surface area contributed by atoms with Crippen LogP contribution in [0.3, 0.4) is 0 Å². The molecule has 96 valence electrons. The van der Waals surface area contributed by atoms with Crippen LogP contribution in [0, 0.1) is 11.6 Å². The predicted molar refractivity (Wildman–Crippen MR) is 63.6 cm³/mol. The zero-order chi connectivity index (χ0) is 13.2. The lowest BCUT2D eigenvalue weighted by Crippen LogP contribution is -2.25. The quantitative estimate of drug-likeness (QED) is 0.806. The third kappa shape index (κ3) is 4.18. The Kier molecular flexibility index (Phi) is 3.92. The van der Waals surface area contributed by atoms with Crippen molar-refractivity contribution in [3.05, 3.63) is 23.8 Å². The summed E-state index contributed by atoms with van der Waals surface area (Å²) in [5.74, 6) is -1.80. The maximum atomic E-state index is 13.1. The number of sulfone groups is 1. The second kappa shape index (κ2) is 4.87. The van der Waals surface area contributed by atoms with Crippen LogP contribution >= 0.6 is 0 Å². The minimum absolute atomic E-state index is 0.0543. The van der Waals surface area contributed by atoms with Crippen molar-refractivity contribution in [1.82, 2.24) is 0 Å². The van der Waals surface area contributed by atoms with E-state index in [-0.39, 0.29) is 17.1 Å². The number of nitrogen functional groups attached to an aromatic ring is 1. The lowest BCUT2D eigenvalue weighted by atomic mass is 10.2. The van der Waals surface area contributed by atoms with Crippen LogP contribution in [0.25, 0.3) is 0 Å². The third-order valence-electron chi connectivity index (χ3n) is 2.05. The van der Waals surface area contributed by atoms with Crippen molar-refractivity contribution >= 4 is 21.2 Å². The molecule has 1 aromatic rings. The molecular weight excluding hydrogens is 250 g/mol. The summed E-state index contributed by atoms with van der Waals surface area (Å²) in [5.41, 5.74) is 5.23. The number of hydrogen-bond acceptors (Lipinski definition) is 4. The van der Waals surface area contributed by atoms with Gasteiger partial charge < -0.3 is 11.1 Å². The molecule has 0 heterocycles. The number of nitrogens with two attached hydrogens (primary N) is 1. The van der Waals surface area contributed by atoms with E-state index in [0.29, 0.717) is 6.07 Å². The van der Waals surface area contributed by atoms with Gasteiger partial charge in [-0.15, -0.1) is 0 Å². The molecule has 0 aliphatic carbocycles. The molecule has 7 heteroatoms. The summed E-state index contributed by atoms with van der Waals surface area (Å²) in [4.78, 5) is 0. The van der Waals surface area contributed by atoms with E-state index in [0.717, 1.165) is 12.3 Å². The Balaban J connectivity index is 2.89. The minimum atomic E-state index is -3.17. The first-order chi connectivity index (χ1) is 7.69. The second-order valence-corrected chi connectivity index (χ2v) is 6.17. The molecule has 1 unspecified atom stereocenters. The average Bonchev–Trinajstić information content (AvgIpc) is 2.10. The molecular formula is C10H14F2N2O2S. The molecule has 0 bridgehead atoms. The van der Waals surface area contributed by atoms with Crippen LogP contribution in [0.4, 0.5) is 20.2 Å². The number of anilines is 2. The topological polar surface area (TPSA) is 72.2 Å². The van der Waals surface area contributed by atoms with Gasteiger partial charge >= 0.3 is 0 Å². The van der Waals surface area contributed by atoms with E-state index in [1.54, 1.807) is 6.92 Å². The first kappa shape index (κ1) is 13.7. The standard InChI is InChI=1S/C10H14F2N2O2S/c1-6(5-17(2,15)16)14-9-4-7(11)3-8(12)10(9)13/h3-4,6,14H,5,13H2,1-2H3. The van der Waals surface area contributed by atoms with E-state index < -0.39 is 27.5 Å². The van der Waals surface area contributed by atoms with Gasteiger partial charge in [-0.1, -0.05) is 0 Å². The normalized spacial score (nSPS) is 13.4. The lowest BCUT2D eigenvalue weighted by molar-refractivity contribution is 0.586. The Morgan fingerprint density at radius 1 is 1.41 bits per heavy atom. The van der Waals surface area contributed by atoms with E-state index in [2.05, 4.69) is 5.32 Å². The highest BCUT2D eigenvalue weighted by atomic mass is 32.2. The van der Waals surface area contributed by atoms with Crippen LogP contribution in [0.5, 0.6) is 0 Å². The molecule has 17 heavy (non-hydrogen) atoms. The summed E-state index contributed by atoms with van der Waals surface area (Å²) < 4.78 is 48.1. The molecule has 3 N–H and O–H groups in total. The van der Waals surface area contributed by atoms with Crippen LogP contribution in [-0.4, -0.2) is 26.5 Å². The largest absolute Gasteiger partial charge is 0.395 e. The van der Waals surface area contributed by atoms with Crippen molar-refractivity contribution in [2.24, 2.45) is 0 Å². The van der Waals surface area contributed by atoms with Crippen molar-refractivity contribution in [3.63, 3.8) is 0 Å². The second-order valence-electron chi connectivity index (χ2n) is 3.99. The van der Waals surface area contributed by atoms with Crippen molar-refractivity contribution in [2.75, 3.05) is 23.1 Å². The van der Waals surface area contributed by atoms with Crippen LogP contribution in [0.2, 0.25) is 0 Å². The van der Waals surface area contributed by atoms with E-state index >= 15 is 0 Å². The van der Waals surface area contributed by atoms with E-state index in [4.69, 9.17) is 5.73 Å². The van der Waals surface area contributed by atoms with Gasteiger partial charge in [-0.05, 0) is 13.0 Å². The summed E-state index contributed by atoms with van der Waals surface area (Å²) in [5, 5.41) is 2.66. The lowest BCUT2D eigenvalue weighted by Gasteiger charge is -2.16. The number of nitrogens with one attached hydrogen (secondary N) is 1. The first-order valence-electron chi connectivity index (χ1n) is 4.88. The SMILES string of the molecule is CC(CS(C)(=O)=O)Nc1cc(F)cc(F)c1N. The molecule has 0 radical (unpaired) electrons. The van der Waals surface area contributed by atoms with Gasteiger partial charge in [0.2, 0.25) is 0 Å². The molecule has 0 spiro atoms. The van der Waals surface area contributed by atoms with Crippen LogP contribution in [0.15, 0.2) is 12.1 Å². The molecule has 0 saturated carbocycles. The van der Waals surface area contributed by atoms with Gasteiger partial charge in [-0.25, -0.2) is 17.2 Å². The summed E-state index contributed by atoms with van der Waals surface area (Å²) in [7, 11) is -3.17. The first-order valence-corrected chi connectivity index (χ1v) is 6.94. The zero-order valence-electron chi connectivity index (χ0n) is 9.50. The Hall–Kier alpha value is -1.37. The van der Waals surface area contributed by atoms with E-state index in [1.807, 2.05) is 0 Å². The molecule has 0 amide bonds. The predicted octanol–water partition coefficient (Wildman–Crippen LogP) is 1.39. The number of hydrogen-bond donors (Lipinski definition) is 2. The van der Waals surface area contributed by atoms with Gasteiger partial charge in [0.05, 0.1) is 17.1 Å². The molecule has 1 atom stereocenters. The molecule has 0 aliphatic rings. The Morgan fingerprint density at radius 3 is 2.53 bits per heavy atom. The fourth-order valence-electron chi connectivity index (χ4n) is 1.47. The summed E-state index contributed by atoms with van der Waals surface area (Å²) >= 11 is 0. The highest BCUT2D eigenvalue weighted by Gasteiger charge is 2.14. The van der Waals surface area contributed by atoms with Crippen molar-refractivity contribution < 1.29 is 17.2 Å². The highest BCUT2D eigenvalue weighted by molar-refractivity contribution is 7.90. The van der Waals surface area contributed by atoms with Gasteiger partial charge in [0.1, 0.15) is 15.7 Å². The van der Waals surface area contributed by atoms with Crippen molar-refractivity contribution in [1.29, 1.82) is 0 Å². The Morgan fingerprint density at radius 2 is 2.00 bits per heavy atom. The van der Waals surface area contributed by atoms with Gasteiger partial charge in [0, 0.05) is 18.4 Å². The van der Waals surface area contributed by atoms with E-state index in [9.17, 15) is 17.2 Å². The van der Waals surface area contributed by atoms with Crippen LogP contribution < -0.4 is 11.1 Å². The maximum absolute atomic E-state index is 13.1. The monoisotopic (exact) mass is 264 g/mol. The molecule has 0 saturated heterocycles. The Labute approximate surface area is 98.7 Å². The van der Waals surface area contributed by atoms with E-state index in [1.165, 1.54) is 0 Å². The van der Waals surface area contributed by atoms with Gasteiger partial charge in [0.15, 0.2) is 5.82 Å².